The summed E-state index contributed by atoms with van der Waals surface area (Å²) in [7, 11) is 0. The van der Waals surface area contributed by atoms with Gasteiger partial charge in [-0.2, -0.15) is 0 Å². The Morgan fingerprint density at radius 2 is 1.56 bits per heavy atom. The first-order valence-electron chi connectivity index (χ1n) is 10.0. The summed E-state index contributed by atoms with van der Waals surface area (Å²) in [6, 6.07) is 11.1. The van der Waals surface area contributed by atoms with Gasteiger partial charge < -0.3 is 10.6 Å². The number of hydrogen-bond donors (Lipinski definition) is 2. The lowest BCUT2D eigenvalue weighted by molar-refractivity contribution is 0.524. The van der Waals surface area contributed by atoms with Crippen LogP contribution in [-0.4, -0.2) is 11.4 Å². The Morgan fingerprint density at radius 1 is 0.926 bits per heavy atom. The highest BCUT2D eigenvalue weighted by Crippen LogP contribution is 2.40. The zero-order valence-electron chi connectivity index (χ0n) is 16.2. The summed E-state index contributed by atoms with van der Waals surface area (Å²) in [6.45, 7) is 4.87. The zero-order chi connectivity index (χ0) is 18.9. The smallest absolute Gasteiger partial charge is 0.127 e. The Hall–Kier alpha value is -2.36. The van der Waals surface area contributed by atoms with Crippen molar-refractivity contribution in [1.29, 1.82) is 0 Å². The van der Waals surface area contributed by atoms with Gasteiger partial charge in [-0.3, -0.25) is 4.99 Å². The Labute approximate surface area is 161 Å². The second-order valence-electron chi connectivity index (χ2n) is 8.02. The number of halogens is 1. The van der Waals surface area contributed by atoms with E-state index in [1.807, 2.05) is 12.1 Å². The van der Waals surface area contributed by atoms with Gasteiger partial charge in [0.25, 0.3) is 0 Å². The quantitative estimate of drug-likeness (QED) is 0.688. The van der Waals surface area contributed by atoms with Crippen molar-refractivity contribution >= 4 is 17.2 Å². The van der Waals surface area contributed by atoms with Crippen LogP contribution in [0.4, 0.5) is 15.8 Å². The summed E-state index contributed by atoms with van der Waals surface area (Å²) in [5, 5.41) is 7.51. The molecule has 0 saturated heterocycles. The average Bonchev–Trinajstić information content (AvgIpc) is 2.89. The molecule has 4 rings (SSSR count). The van der Waals surface area contributed by atoms with Crippen LogP contribution in [0.15, 0.2) is 41.4 Å². The van der Waals surface area contributed by atoms with Crippen LogP contribution in [0.5, 0.6) is 0 Å². The maximum Gasteiger partial charge on any atom is 0.127 e. The first-order valence-corrected chi connectivity index (χ1v) is 10.0. The van der Waals surface area contributed by atoms with E-state index in [9.17, 15) is 4.39 Å². The monoisotopic (exact) mass is 365 g/mol. The minimum Gasteiger partial charge on any atom is -0.371 e. The third kappa shape index (κ3) is 3.71. The highest BCUT2D eigenvalue weighted by atomic mass is 19.1. The molecule has 1 aliphatic carbocycles. The molecule has 1 heterocycles. The van der Waals surface area contributed by atoms with Crippen LogP contribution in [0, 0.1) is 19.7 Å². The number of nitrogens with zero attached hydrogens (tertiary/aromatic N) is 1. The van der Waals surface area contributed by atoms with Crippen molar-refractivity contribution in [3.05, 3.63) is 58.9 Å². The Balaban J connectivity index is 1.70. The van der Waals surface area contributed by atoms with Crippen LogP contribution in [-0.2, 0) is 6.54 Å². The van der Waals surface area contributed by atoms with E-state index in [2.05, 4.69) is 36.6 Å². The first kappa shape index (κ1) is 18.0. The van der Waals surface area contributed by atoms with E-state index in [4.69, 9.17) is 4.99 Å². The molecule has 2 aromatic carbocycles. The number of aliphatic imine (C=N–C) groups is 1. The number of hydrogen-bond acceptors (Lipinski definition) is 2. The lowest BCUT2D eigenvalue weighted by atomic mass is 9.85. The van der Waals surface area contributed by atoms with E-state index >= 15 is 0 Å². The SMILES string of the molecule is Cc1cc2c(cc1C)NC1(CCCCCC1)C(=NCc1ccc(F)cc1)N2. The molecule has 4 heteroatoms. The number of anilines is 2. The second kappa shape index (κ2) is 7.34. The number of aryl methyl sites for hydroxylation is 2. The lowest BCUT2D eigenvalue weighted by Gasteiger charge is -2.41. The third-order valence-electron chi connectivity index (χ3n) is 6.00. The average molecular weight is 365 g/mol. The van der Waals surface area contributed by atoms with Gasteiger partial charge in [-0.05, 0) is 67.6 Å². The Bertz CT molecular complexity index is 847. The van der Waals surface area contributed by atoms with Crippen molar-refractivity contribution in [1.82, 2.24) is 0 Å². The summed E-state index contributed by atoms with van der Waals surface area (Å²) in [4.78, 5) is 4.97. The molecular formula is C23H28FN3. The van der Waals surface area contributed by atoms with Gasteiger partial charge >= 0.3 is 0 Å². The maximum absolute atomic E-state index is 13.2. The van der Waals surface area contributed by atoms with Gasteiger partial charge in [-0.1, -0.05) is 37.8 Å². The minimum absolute atomic E-state index is 0.120. The zero-order valence-corrected chi connectivity index (χ0v) is 16.2. The summed E-state index contributed by atoms with van der Waals surface area (Å²) >= 11 is 0. The van der Waals surface area contributed by atoms with Crippen LogP contribution in [0.25, 0.3) is 0 Å². The van der Waals surface area contributed by atoms with Crippen molar-refractivity contribution < 1.29 is 4.39 Å². The van der Waals surface area contributed by atoms with E-state index in [1.165, 1.54) is 54.6 Å². The van der Waals surface area contributed by atoms with Crippen LogP contribution >= 0.6 is 0 Å². The fourth-order valence-corrected chi connectivity index (χ4v) is 4.23. The molecule has 0 amide bonds. The topological polar surface area (TPSA) is 36.4 Å². The molecule has 2 aliphatic rings. The van der Waals surface area contributed by atoms with Crippen LogP contribution < -0.4 is 10.6 Å². The van der Waals surface area contributed by atoms with Gasteiger partial charge in [0, 0.05) is 0 Å². The number of fused-ring (bicyclic) bond motifs is 1. The molecule has 0 atom stereocenters. The summed E-state index contributed by atoms with van der Waals surface area (Å²) < 4.78 is 13.2. The first-order chi connectivity index (χ1) is 13.1. The van der Waals surface area contributed by atoms with Gasteiger partial charge in [0.2, 0.25) is 0 Å². The standard InChI is InChI=1S/C23H28FN3/c1-16-13-20-21(14-17(16)2)27-23(11-5-3-4-6-12-23)22(26-20)25-15-18-7-9-19(24)10-8-18/h7-10,13-14,27H,3-6,11-12,15H2,1-2H3,(H,25,26). The normalized spacial score (nSPS) is 19.9. The molecule has 0 bridgehead atoms. The Morgan fingerprint density at radius 3 is 2.22 bits per heavy atom. The fourth-order valence-electron chi connectivity index (χ4n) is 4.23. The molecule has 1 aliphatic heterocycles. The number of rotatable bonds is 2. The number of nitrogens with one attached hydrogen (secondary N) is 2. The van der Waals surface area contributed by atoms with Crippen LogP contribution in [0.2, 0.25) is 0 Å². The molecule has 3 nitrogen and oxygen atoms in total. The summed E-state index contributed by atoms with van der Waals surface area (Å²) in [5.74, 6) is 0.827. The second-order valence-corrected chi connectivity index (χ2v) is 8.02. The highest BCUT2D eigenvalue weighted by Gasteiger charge is 2.40. The predicted octanol–water partition coefficient (Wildman–Crippen LogP) is 5.97. The molecule has 1 fully saturated rings. The van der Waals surface area contributed by atoms with Gasteiger partial charge in [0.15, 0.2) is 0 Å². The molecule has 142 valence electrons. The largest absolute Gasteiger partial charge is 0.371 e. The third-order valence-corrected chi connectivity index (χ3v) is 6.00. The minimum atomic E-state index is -0.205. The van der Waals surface area contributed by atoms with Gasteiger partial charge in [-0.25, -0.2) is 4.39 Å². The van der Waals surface area contributed by atoms with E-state index in [0.29, 0.717) is 6.54 Å². The maximum atomic E-state index is 13.2. The van der Waals surface area contributed by atoms with Crippen molar-refractivity contribution in [2.24, 2.45) is 4.99 Å². The van der Waals surface area contributed by atoms with E-state index < -0.39 is 0 Å². The molecule has 0 radical (unpaired) electrons. The fraction of sp³-hybridized carbons (Fsp3) is 0.435. The molecule has 2 N–H and O–H groups in total. The van der Waals surface area contributed by atoms with Crippen LogP contribution in [0.3, 0.4) is 0 Å². The molecule has 2 aromatic rings. The van der Waals surface area contributed by atoms with Gasteiger partial charge in [0.05, 0.1) is 23.5 Å². The highest BCUT2D eigenvalue weighted by molar-refractivity contribution is 6.09. The van der Waals surface area contributed by atoms with E-state index in [1.54, 1.807) is 0 Å². The Kier molecular flexibility index (Phi) is 4.90. The molecule has 1 saturated carbocycles. The molecule has 0 unspecified atom stereocenters. The molecule has 1 spiro atoms. The number of benzene rings is 2. The van der Waals surface area contributed by atoms with Crippen molar-refractivity contribution in [3.63, 3.8) is 0 Å². The molecular weight excluding hydrogens is 337 g/mol. The van der Waals surface area contributed by atoms with Crippen molar-refractivity contribution in [2.75, 3.05) is 10.6 Å². The van der Waals surface area contributed by atoms with Crippen LogP contribution in [0.1, 0.15) is 55.2 Å². The predicted molar refractivity (Wildman–Crippen MR) is 111 cm³/mol. The molecule has 0 aromatic heterocycles. The van der Waals surface area contributed by atoms with Crippen molar-refractivity contribution in [3.8, 4) is 0 Å². The summed E-state index contributed by atoms with van der Waals surface area (Å²) in [6.07, 6.45) is 7.18. The molecule has 27 heavy (non-hydrogen) atoms. The van der Waals surface area contributed by atoms with E-state index in [-0.39, 0.29) is 11.4 Å². The van der Waals surface area contributed by atoms with Gasteiger partial charge in [-0.15, -0.1) is 0 Å². The lowest BCUT2D eigenvalue weighted by Crippen LogP contribution is -2.52. The van der Waals surface area contributed by atoms with E-state index in [0.717, 1.165) is 29.9 Å². The van der Waals surface area contributed by atoms with Gasteiger partial charge in [0.1, 0.15) is 11.7 Å². The van der Waals surface area contributed by atoms with Crippen molar-refractivity contribution in [2.45, 2.75) is 64.5 Å². The number of amidine groups is 1. The summed E-state index contributed by atoms with van der Waals surface area (Å²) in [5.41, 5.74) is 5.77.